The van der Waals surface area contributed by atoms with Crippen molar-refractivity contribution in [1.29, 1.82) is 0 Å². The Balaban J connectivity index is 1.55. The zero-order chi connectivity index (χ0) is 23.1. The molecular weight excluding hydrogens is 465 g/mol. The van der Waals surface area contributed by atoms with Crippen molar-refractivity contribution in [2.24, 2.45) is 0 Å². The largest absolute Gasteiger partial charge is 0.436 e. The van der Waals surface area contributed by atoms with Crippen LogP contribution in [0, 0.1) is 6.92 Å². The number of amides is 1. The summed E-state index contributed by atoms with van der Waals surface area (Å²) in [5.41, 5.74) is 2.01. The summed E-state index contributed by atoms with van der Waals surface area (Å²) in [6, 6.07) is 3.52. The van der Waals surface area contributed by atoms with Gasteiger partial charge in [0.2, 0.25) is 11.8 Å². The number of hydrogen-bond acceptors (Lipinski definition) is 7. The minimum Gasteiger partial charge on any atom is -0.436 e. The highest BCUT2D eigenvalue weighted by atomic mass is 35.5. The fourth-order valence-corrected chi connectivity index (χ4v) is 4.32. The lowest BCUT2D eigenvalue weighted by Gasteiger charge is -2.35. The molecule has 1 amide bonds. The Morgan fingerprint density at radius 1 is 1.18 bits per heavy atom. The summed E-state index contributed by atoms with van der Waals surface area (Å²) in [6.45, 7) is 7.79. The van der Waals surface area contributed by atoms with Gasteiger partial charge in [0.25, 0.3) is 0 Å². The molecule has 0 radical (unpaired) electrons. The van der Waals surface area contributed by atoms with Gasteiger partial charge >= 0.3 is 0 Å². The van der Waals surface area contributed by atoms with E-state index in [1.54, 1.807) is 23.2 Å². The molecule has 4 aromatic rings. The van der Waals surface area contributed by atoms with Gasteiger partial charge in [-0.15, -0.1) is 0 Å². The van der Waals surface area contributed by atoms with Crippen molar-refractivity contribution < 1.29 is 9.53 Å². The first-order valence-electron chi connectivity index (χ1n) is 10.2. The lowest BCUT2D eigenvalue weighted by molar-refractivity contribution is -0.126. The second-order valence-electron chi connectivity index (χ2n) is 7.61. The minimum absolute atomic E-state index is 0.0763. The molecule has 1 saturated heterocycles. The van der Waals surface area contributed by atoms with Crippen LogP contribution in [0.25, 0.3) is 21.8 Å². The number of fused-ring (bicyclic) bond motifs is 2. The number of aromatic nitrogens is 5. The van der Waals surface area contributed by atoms with Gasteiger partial charge in [-0.05, 0) is 25.1 Å². The van der Waals surface area contributed by atoms with E-state index in [0.29, 0.717) is 53.7 Å². The highest BCUT2D eigenvalue weighted by Gasteiger charge is 2.24. The fraction of sp³-hybridized carbons (Fsp3) is 0.227. The number of rotatable bonds is 4. The second kappa shape index (κ2) is 8.49. The van der Waals surface area contributed by atoms with Crippen LogP contribution in [0.5, 0.6) is 11.6 Å². The summed E-state index contributed by atoms with van der Waals surface area (Å²) in [4.78, 5) is 29.1. The third-order valence-electron chi connectivity index (χ3n) is 5.68. The maximum absolute atomic E-state index is 11.9. The van der Waals surface area contributed by atoms with Crippen molar-refractivity contribution in [3.05, 3.63) is 53.1 Å². The summed E-state index contributed by atoms with van der Waals surface area (Å²) < 4.78 is 6.25. The summed E-state index contributed by atoms with van der Waals surface area (Å²) >= 11 is 12.8. The van der Waals surface area contributed by atoms with Gasteiger partial charge in [-0.3, -0.25) is 9.89 Å². The van der Waals surface area contributed by atoms with Gasteiger partial charge < -0.3 is 14.5 Å². The normalized spacial score (nSPS) is 14.2. The second-order valence-corrected chi connectivity index (χ2v) is 8.40. The van der Waals surface area contributed by atoms with Crippen molar-refractivity contribution in [3.63, 3.8) is 0 Å². The maximum atomic E-state index is 11.9. The smallest absolute Gasteiger partial charge is 0.247 e. The van der Waals surface area contributed by atoms with Gasteiger partial charge in [0.15, 0.2) is 0 Å². The molecule has 3 aromatic heterocycles. The Labute approximate surface area is 199 Å². The molecule has 0 atom stereocenters. The average Bonchev–Trinajstić information content (AvgIpc) is 3.29. The molecule has 1 fully saturated rings. The van der Waals surface area contributed by atoms with E-state index in [9.17, 15) is 4.79 Å². The molecule has 1 aromatic carbocycles. The van der Waals surface area contributed by atoms with Crippen LogP contribution in [0.15, 0.2) is 37.3 Å². The molecule has 0 aliphatic carbocycles. The average molecular weight is 484 g/mol. The van der Waals surface area contributed by atoms with Gasteiger partial charge in [-0.2, -0.15) is 10.1 Å². The van der Waals surface area contributed by atoms with Crippen LogP contribution in [0.4, 0.5) is 5.82 Å². The molecule has 9 nitrogen and oxygen atoms in total. The number of nitrogens with one attached hydrogen (secondary N) is 1. The van der Waals surface area contributed by atoms with Crippen LogP contribution in [0.1, 0.15) is 5.56 Å². The molecule has 0 bridgehead atoms. The van der Waals surface area contributed by atoms with E-state index in [-0.39, 0.29) is 16.9 Å². The van der Waals surface area contributed by atoms with E-state index >= 15 is 0 Å². The van der Waals surface area contributed by atoms with Crippen molar-refractivity contribution in [1.82, 2.24) is 30.0 Å². The first kappa shape index (κ1) is 21.4. The van der Waals surface area contributed by atoms with Crippen LogP contribution in [0.2, 0.25) is 10.2 Å². The number of hydrogen-bond donors (Lipinski definition) is 1. The number of anilines is 1. The summed E-state index contributed by atoms with van der Waals surface area (Å²) in [5.74, 6) is 1.40. The first-order chi connectivity index (χ1) is 16.0. The van der Waals surface area contributed by atoms with Gasteiger partial charge in [0.1, 0.15) is 28.6 Å². The predicted molar refractivity (Wildman–Crippen MR) is 127 cm³/mol. The number of halogens is 2. The number of piperazine rings is 1. The number of nitrogens with zero attached hydrogens (tertiary/aromatic N) is 6. The number of pyridine rings is 1. The van der Waals surface area contributed by atoms with Crippen LogP contribution in [-0.4, -0.2) is 62.1 Å². The molecular formula is C22H19Cl2N7O2. The van der Waals surface area contributed by atoms with Crippen LogP contribution in [-0.2, 0) is 4.79 Å². The van der Waals surface area contributed by atoms with Crippen molar-refractivity contribution >= 4 is 56.7 Å². The van der Waals surface area contributed by atoms with Gasteiger partial charge in [0, 0.05) is 36.8 Å². The molecule has 1 aliphatic heterocycles. The Hall–Kier alpha value is -3.43. The molecule has 4 heterocycles. The number of benzene rings is 1. The molecule has 11 heteroatoms. The van der Waals surface area contributed by atoms with Crippen LogP contribution in [0.3, 0.4) is 0 Å². The van der Waals surface area contributed by atoms with E-state index in [1.807, 2.05) is 6.92 Å². The zero-order valence-corrected chi connectivity index (χ0v) is 19.2. The standard InChI is InChI=1S/C22H19Cl2N7O2/c1-3-18(32)30-4-6-31(7-5-30)21-13-8-17(24)28-22(19(13)25-11-26-21)33-20-12(2)15(23)9-16-14(20)10-27-29-16/h3,8-11H,1,4-7H2,2H3,(H,27,29). The number of ether oxygens (including phenoxy) is 1. The number of H-pyrrole nitrogens is 1. The molecule has 1 N–H and O–H groups in total. The molecule has 168 valence electrons. The molecule has 5 rings (SSSR count). The van der Waals surface area contributed by atoms with E-state index in [2.05, 4.69) is 36.6 Å². The Morgan fingerprint density at radius 2 is 1.97 bits per heavy atom. The topological polar surface area (TPSA) is 100 Å². The SMILES string of the molecule is C=CC(=O)N1CCN(c2ncnc3c(Oc4c(C)c(Cl)cc5[nH]ncc45)nc(Cl)cc23)CC1. The Kier molecular flexibility index (Phi) is 5.51. The highest BCUT2D eigenvalue weighted by Crippen LogP contribution is 2.39. The molecule has 33 heavy (non-hydrogen) atoms. The van der Waals surface area contributed by atoms with Gasteiger partial charge in [-0.25, -0.2) is 9.97 Å². The Bertz CT molecular complexity index is 1400. The number of carbonyl (C=O) groups excluding carboxylic acids is 1. The van der Waals surface area contributed by atoms with Crippen molar-refractivity contribution in [2.75, 3.05) is 31.1 Å². The monoisotopic (exact) mass is 483 g/mol. The minimum atomic E-state index is -0.0763. The predicted octanol–water partition coefficient (Wildman–Crippen LogP) is 4.14. The maximum Gasteiger partial charge on any atom is 0.247 e. The van der Waals surface area contributed by atoms with E-state index in [4.69, 9.17) is 27.9 Å². The van der Waals surface area contributed by atoms with Gasteiger partial charge in [0.05, 0.1) is 22.5 Å². The third kappa shape index (κ3) is 3.83. The summed E-state index contributed by atoms with van der Waals surface area (Å²) in [7, 11) is 0. The fourth-order valence-electron chi connectivity index (χ4n) is 3.94. The van der Waals surface area contributed by atoms with E-state index in [1.165, 1.54) is 12.4 Å². The highest BCUT2D eigenvalue weighted by molar-refractivity contribution is 6.32. The first-order valence-corrected chi connectivity index (χ1v) is 11.0. The molecule has 1 aliphatic rings. The summed E-state index contributed by atoms with van der Waals surface area (Å²) in [6.07, 6.45) is 4.48. The number of aromatic amines is 1. The van der Waals surface area contributed by atoms with Crippen molar-refractivity contribution in [2.45, 2.75) is 6.92 Å². The summed E-state index contributed by atoms with van der Waals surface area (Å²) in [5, 5.41) is 9.25. The lowest BCUT2D eigenvalue weighted by Crippen LogP contribution is -2.48. The van der Waals surface area contributed by atoms with E-state index < -0.39 is 0 Å². The van der Waals surface area contributed by atoms with Crippen LogP contribution >= 0.6 is 23.2 Å². The third-order valence-corrected chi connectivity index (χ3v) is 6.27. The molecule has 0 spiro atoms. The molecule has 0 saturated carbocycles. The molecule has 0 unspecified atom stereocenters. The quantitative estimate of drug-likeness (QED) is 0.343. The van der Waals surface area contributed by atoms with Gasteiger partial charge in [-0.1, -0.05) is 29.8 Å². The van der Waals surface area contributed by atoms with Crippen molar-refractivity contribution in [3.8, 4) is 11.6 Å². The Morgan fingerprint density at radius 3 is 2.73 bits per heavy atom. The zero-order valence-electron chi connectivity index (χ0n) is 17.7. The lowest BCUT2D eigenvalue weighted by atomic mass is 10.1. The number of carbonyl (C=O) groups is 1. The van der Waals surface area contributed by atoms with Crippen LogP contribution < -0.4 is 9.64 Å². The van der Waals surface area contributed by atoms with E-state index in [0.717, 1.165) is 16.5 Å².